The molecule has 1 aliphatic rings. The van der Waals surface area contributed by atoms with E-state index in [2.05, 4.69) is 0 Å². The average Bonchev–Trinajstić information content (AvgIpc) is 2.18. The summed E-state index contributed by atoms with van der Waals surface area (Å²) in [5, 5.41) is 9.64. The standard InChI is InChI=1S/C11H21NO3/c1-8(2)15-7-11(14)12-5-4-9(3)10(13)6-12/h8-10,13H,4-7H2,1-3H3. The number of β-amino-alcohol motifs (C(OH)–C–C–N with tert-alkyl or cyclic N) is 1. The molecule has 1 rings (SSSR count). The third-order valence-corrected chi connectivity index (χ3v) is 2.81. The molecule has 15 heavy (non-hydrogen) atoms. The SMILES string of the molecule is CC(C)OCC(=O)N1CCC(C)C(O)C1. The van der Waals surface area contributed by atoms with Crippen LogP contribution in [0.1, 0.15) is 27.2 Å². The molecule has 2 unspecified atom stereocenters. The van der Waals surface area contributed by atoms with Crippen molar-refractivity contribution in [2.24, 2.45) is 5.92 Å². The minimum absolute atomic E-state index is 0.0188. The van der Waals surface area contributed by atoms with Crippen molar-refractivity contribution in [2.75, 3.05) is 19.7 Å². The number of hydrogen-bond acceptors (Lipinski definition) is 3. The smallest absolute Gasteiger partial charge is 0.248 e. The molecule has 0 radical (unpaired) electrons. The molecule has 0 spiro atoms. The van der Waals surface area contributed by atoms with Crippen molar-refractivity contribution < 1.29 is 14.6 Å². The fourth-order valence-corrected chi connectivity index (χ4v) is 1.60. The van der Waals surface area contributed by atoms with Crippen LogP contribution in [0.2, 0.25) is 0 Å². The van der Waals surface area contributed by atoms with Gasteiger partial charge in [-0.1, -0.05) is 6.92 Å². The van der Waals surface area contributed by atoms with E-state index in [4.69, 9.17) is 4.74 Å². The molecular formula is C11H21NO3. The van der Waals surface area contributed by atoms with Crippen LogP contribution in [0.3, 0.4) is 0 Å². The predicted octanol–water partition coefficient (Wildman–Crippen LogP) is 0.641. The zero-order chi connectivity index (χ0) is 11.4. The number of nitrogens with zero attached hydrogens (tertiary/aromatic N) is 1. The average molecular weight is 215 g/mol. The third kappa shape index (κ3) is 3.80. The van der Waals surface area contributed by atoms with Crippen molar-refractivity contribution in [3.63, 3.8) is 0 Å². The number of piperidine rings is 1. The number of aliphatic hydroxyl groups excluding tert-OH is 1. The number of rotatable bonds is 3. The molecular weight excluding hydrogens is 194 g/mol. The monoisotopic (exact) mass is 215 g/mol. The van der Waals surface area contributed by atoms with E-state index in [0.29, 0.717) is 12.5 Å². The Morgan fingerprint density at radius 2 is 2.27 bits per heavy atom. The summed E-state index contributed by atoms with van der Waals surface area (Å²) in [4.78, 5) is 13.3. The number of ether oxygens (including phenoxy) is 1. The maximum Gasteiger partial charge on any atom is 0.248 e. The van der Waals surface area contributed by atoms with Gasteiger partial charge in [-0.05, 0) is 26.2 Å². The molecule has 4 nitrogen and oxygen atoms in total. The lowest BCUT2D eigenvalue weighted by atomic mass is 9.96. The summed E-state index contributed by atoms with van der Waals surface area (Å²) in [6, 6.07) is 0. The first-order chi connectivity index (χ1) is 7.00. The number of hydrogen-bond donors (Lipinski definition) is 1. The first-order valence-electron chi connectivity index (χ1n) is 5.58. The van der Waals surface area contributed by atoms with Gasteiger partial charge < -0.3 is 14.7 Å². The van der Waals surface area contributed by atoms with E-state index in [1.807, 2.05) is 20.8 Å². The van der Waals surface area contributed by atoms with Crippen LogP contribution in [0.15, 0.2) is 0 Å². The van der Waals surface area contributed by atoms with E-state index < -0.39 is 0 Å². The zero-order valence-corrected chi connectivity index (χ0v) is 9.77. The summed E-state index contributed by atoms with van der Waals surface area (Å²) in [5.74, 6) is 0.273. The lowest BCUT2D eigenvalue weighted by Crippen LogP contribution is -2.47. The van der Waals surface area contributed by atoms with Gasteiger partial charge in [0, 0.05) is 13.1 Å². The molecule has 1 saturated heterocycles. The summed E-state index contributed by atoms with van der Waals surface area (Å²) in [6.45, 7) is 7.12. The summed E-state index contributed by atoms with van der Waals surface area (Å²) >= 11 is 0. The van der Waals surface area contributed by atoms with Crippen molar-refractivity contribution in [2.45, 2.75) is 39.4 Å². The van der Waals surface area contributed by atoms with Gasteiger partial charge in [0.2, 0.25) is 5.91 Å². The molecule has 1 N–H and O–H groups in total. The van der Waals surface area contributed by atoms with Crippen LogP contribution in [0.5, 0.6) is 0 Å². The lowest BCUT2D eigenvalue weighted by molar-refractivity contribution is -0.141. The van der Waals surface area contributed by atoms with Crippen molar-refractivity contribution in [3.8, 4) is 0 Å². The van der Waals surface area contributed by atoms with E-state index in [9.17, 15) is 9.90 Å². The molecule has 1 fully saturated rings. The van der Waals surface area contributed by atoms with Crippen LogP contribution in [-0.2, 0) is 9.53 Å². The highest BCUT2D eigenvalue weighted by molar-refractivity contribution is 5.77. The van der Waals surface area contributed by atoms with Gasteiger partial charge in [0.05, 0.1) is 12.2 Å². The number of likely N-dealkylation sites (tertiary alicyclic amines) is 1. The van der Waals surface area contributed by atoms with Crippen molar-refractivity contribution in [1.29, 1.82) is 0 Å². The van der Waals surface area contributed by atoms with Crippen molar-refractivity contribution in [3.05, 3.63) is 0 Å². The predicted molar refractivity (Wildman–Crippen MR) is 57.5 cm³/mol. The van der Waals surface area contributed by atoms with E-state index in [-0.39, 0.29) is 24.7 Å². The summed E-state index contributed by atoms with van der Waals surface area (Å²) in [5.41, 5.74) is 0. The third-order valence-electron chi connectivity index (χ3n) is 2.81. The Kier molecular flexibility index (Phi) is 4.54. The molecule has 4 heteroatoms. The Balaban J connectivity index is 2.34. The van der Waals surface area contributed by atoms with E-state index in [1.54, 1.807) is 4.90 Å². The van der Waals surface area contributed by atoms with Crippen LogP contribution >= 0.6 is 0 Å². The van der Waals surface area contributed by atoms with Crippen molar-refractivity contribution in [1.82, 2.24) is 4.90 Å². The molecule has 1 aliphatic heterocycles. The highest BCUT2D eigenvalue weighted by atomic mass is 16.5. The number of carbonyl (C=O) groups excluding carboxylic acids is 1. The molecule has 0 aromatic carbocycles. The van der Waals surface area contributed by atoms with Gasteiger partial charge in [-0.15, -0.1) is 0 Å². The molecule has 2 atom stereocenters. The van der Waals surface area contributed by atoms with Crippen LogP contribution < -0.4 is 0 Å². The van der Waals surface area contributed by atoms with Gasteiger partial charge in [-0.2, -0.15) is 0 Å². The van der Waals surface area contributed by atoms with E-state index >= 15 is 0 Å². The van der Waals surface area contributed by atoms with Gasteiger partial charge in [-0.25, -0.2) is 0 Å². The molecule has 0 aliphatic carbocycles. The highest BCUT2D eigenvalue weighted by Gasteiger charge is 2.27. The Labute approximate surface area is 91.2 Å². The molecule has 0 aromatic rings. The summed E-state index contributed by atoms with van der Waals surface area (Å²) in [7, 11) is 0. The largest absolute Gasteiger partial charge is 0.391 e. The van der Waals surface area contributed by atoms with Crippen LogP contribution in [0.4, 0.5) is 0 Å². The second kappa shape index (κ2) is 5.47. The minimum Gasteiger partial charge on any atom is -0.391 e. The maximum absolute atomic E-state index is 11.6. The Morgan fingerprint density at radius 3 is 2.80 bits per heavy atom. The quantitative estimate of drug-likeness (QED) is 0.751. The van der Waals surface area contributed by atoms with Crippen LogP contribution in [0.25, 0.3) is 0 Å². The lowest BCUT2D eigenvalue weighted by Gasteiger charge is -2.34. The Bertz CT molecular complexity index is 218. The first kappa shape index (κ1) is 12.5. The van der Waals surface area contributed by atoms with Gasteiger partial charge >= 0.3 is 0 Å². The summed E-state index contributed by atoms with van der Waals surface area (Å²) < 4.78 is 5.25. The fourth-order valence-electron chi connectivity index (χ4n) is 1.60. The fraction of sp³-hybridized carbons (Fsp3) is 0.909. The highest BCUT2D eigenvalue weighted by Crippen LogP contribution is 2.16. The van der Waals surface area contributed by atoms with Crippen molar-refractivity contribution >= 4 is 5.91 Å². The molecule has 1 heterocycles. The maximum atomic E-state index is 11.6. The number of carbonyl (C=O) groups is 1. The second-order valence-corrected chi connectivity index (χ2v) is 4.53. The molecule has 0 aromatic heterocycles. The van der Waals surface area contributed by atoms with E-state index in [0.717, 1.165) is 13.0 Å². The Morgan fingerprint density at radius 1 is 1.60 bits per heavy atom. The first-order valence-corrected chi connectivity index (χ1v) is 5.58. The normalized spacial score (nSPS) is 27.1. The Hall–Kier alpha value is -0.610. The molecule has 0 saturated carbocycles. The summed E-state index contributed by atoms with van der Waals surface area (Å²) in [6.07, 6.45) is 0.554. The molecule has 88 valence electrons. The number of aliphatic hydroxyl groups is 1. The zero-order valence-electron chi connectivity index (χ0n) is 9.77. The van der Waals surface area contributed by atoms with Gasteiger partial charge in [0.15, 0.2) is 0 Å². The topological polar surface area (TPSA) is 49.8 Å². The van der Waals surface area contributed by atoms with Crippen LogP contribution in [0, 0.1) is 5.92 Å². The molecule has 1 amide bonds. The van der Waals surface area contributed by atoms with Gasteiger partial charge in [-0.3, -0.25) is 4.79 Å². The van der Waals surface area contributed by atoms with Crippen LogP contribution in [-0.4, -0.2) is 47.8 Å². The number of amides is 1. The van der Waals surface area contributed by atoms with Gasteiger partial charge in [0.25, 0.3) is 0 Å². The van der Waals surface area contributed by atoms with E-state index in [1.165, 1.54) is 0 Å². The molecule has 0 bridgehead atoms. The van der Waals surface area contributed by atoms with Gasteiger partial charge in [0.1, 0.15) is 6.61 Å². The second-order valence-electron chi connectivity index (χ2n) is 4.53. The minimum atomic E-state index is -0.387.